The molecule has 0 aliphatic carbocycles. The average Bonchev–Trinajstić information content (AvgIpc) is 3.21. The first-order chi connectivity index (χ1) is 14.2. The van der Waals surface area contributed by atoms with Crippen LogP contribution in [-0.4, -0.2) is 24.1 Å². The molecule has 0 amide bonds. The molecule has 3 nitrogen and oxygen atoms in total. The lowest BCUT2D eigenvalue weighted by atomic mass is 9.94. The molecule has 2 aromatic carbocycles. The number of hydrogen-bond donors (Lipinski definition) is 0. The maximum Gasteiger partial charge on any atom is 0.345 e. The molecule has 3 rings (SSSR count). The van der Waals surface area contributed by atoms with Gasteiger partial charge in [-0.25, -0.2) is 4.79 Å². The van der Waals surface area contributed by atoms with E-state index in [0.717, 1.165) is 22.4 Å². The summed E-state index contributed by atoms with van der Waals surface area (Å²) in [5.41, 5.74) is 3.75. The highest BCUT2D eigenvalue weighted by molar-refractivity contribution is 7.97. The van der Waals surface area contributed by atoms with Gasteiger partial charge in [0.15, 0.2) is 11.5 Å². The molecule has 1 aliphatic heterocycles. The third-order valence-electron chi connectivity index (χ3n) is 5.77. The van der Waals surface area contributed by atoms with E-state index in [0.29, 0.717) is 16.8 Å². The van der Waals surface area contributed by atoms with Crippen LogP contribution in [0.4, 0.5) is 0 Å². The molecule has 0 unspecified atom stereocenters. The highest BCUT2D eigenvalue weighted by atomic mass is 32.2. The van der Waals surface area contributed by atoms with Crippen LogP contribution in [-0.2, 0) is 26.0 Å². The monoisotopic (exact) mass is 427 g/mol. The SMILES string of the molecule is Cc1cc([S+]2CCCC2)cc(C)c1OCC(=O)OC(C)(C)c1ccc(C(C)C)cc1. The summed E-state index contributed by atoms with van der Waals surface area (Å²) in [6, 6.07) is 12.8. The predicted molar refractivity (Wildman–Crippen MR) is 126 cm³/mol. The molecule has 30 heavy (non-hydrogen) atoms. The van der Waals surface area contributed by atoms with Crippen LogP contribution in [0, 0.1) is 13.8 Å². The highest BCUT2D eigenvalue weighted by Gasteiger charge is 2.29. The van der Waals surface area contributed by atoms with Gasteiger partial charge in [0.25, 0.3) is 0 Å². The number of rotatable bonds is 7. The van der Waals surface area contributed by atoms with Gasteiger partial charge in [0, 0.05) is 10.9 Å². The molecule has 0 spiro atoms. The second kappa shape index (κ2) is 9.47. The zero-order valence-electron chi connectivity index (χ0n) is 19.2. The van der Waals surface area contributed by atoms with Crippen molar-refractivity contribution in [2.75, 3.05) is 18.1 Å². The van der Waals surface area contributed by atoms with Crippen LogP contribution in [0.25, 0.3) is 0 Å². The Morgan fingerprint density at radius 1 is 1.03 bits per heavy atom. The van der Waals surface area contributed by atoms with Gasteiger partial charge in [0.2, 0.25) is 0 Å². The molecule has 162 valence electrons. The fourth-order valence-corrected chi connectivity index (χ4v) is 6.44. The zero-order chi connectivity index (χ0) is 21.9. The fourth-order valence-electron chi connectivity index (χ4n) is 3.97. The van der Waals surface area contributed by atoms with Crippen molar-refractivity contribution in [2.45, 2.75) is 70.8 Å². The molecule has 0 bridgehead atoms. The molecule has 2 aromatic rings. The standard InChI is InChI=1S/C26H35O3S/c1-18(2)21-9-11-22(12-10-21)26(5,6)29-24(27)17-28-25-19(3)15-23(16-20(25)4)30-13-7-8-14-30/h9-12,15-16,18H,7-8,13-14,17H2,1-6H3/q+1. The van der Waals surface area contributed by atoms with E-state index in [1.54, 1.807) is 0 Å². The van der Waals surface area contributed by atoms with Crippen molar-refractivity contribution in [2.24, 2.45) is 0 Å². The largest absolute Gasteiger partial charge is 0.481 e. The summed E-state index contributed by atoms with van der Waals surface area (Å²) >= 11 is 0. The molecule has 0 aromatic heterocycles. The summed E-state index contributed by atoms with van der Waals surface area (Å²) in [5.74, 6) is 3.54. The topological polar surface area (TPSA) is 35.5 Å². The van der Waals surface area contributed by atoms with Crippen LogP contribution < -0.4 is 4.74 Å². The van der Waals surface area contributed by atoms with Crippen molar-refractivity contribution in [3.05, 3.63) is 58.7 Å². The second-order valence-corrected chi connectivity index (χ2v) is 11.3. The lowest BCUT2D eigenvalue weighted by Gasteiger charge is -2.26. The first-order valence-electron chi connectivity index (χ1n) is 10.9. The van der Waals surface area contributed by atoms with Gasteiger partial charge in [-0.05, 0) is 80.8 Å². The predicted octanol–water partition coefficient (Wildman–Crippen LogP) is 6.06. The maximum atomic E-state index is 12.5. The van der Waals surface area contributed by atoms with Crippen molar-refractivity contribution in [1.82, 2.24) is 0 Å². The minimum atomic E-state index is -0.701. The number of ether oxygens (including phenoxy) is 2. The van der Waals surface area contributed by atoms with Gasteiger partial charge in [0.05, 0.1) is 0 Å². The molecule has 1 heterocycles. The Balaban J connectivity index is 1.62. The van der Waals surface area contributed by atoms with E-state index in [1.807, 2.05) is 26.0 Å². The average molecular weight is 428 g/mol. The van der Waals surface area contributed by atoms with Gasteiger partial charge < -0.3 is 9.47 Å². The van der Waals surface area contributed by atoms with Crippen molar-refractivity contribution < 1.29 is 14.3 Å². The molecule has 1 fully saturated rings. The number of carbonyl (C=O) groups is 1. The quantitative estimate of drug-likeness (QED) is 0.398. The van der Waals surface area contributed by atoms with Crippen molar-refractivity contribution >= 4 is 16.9 Å². The van der Waals surface area contributed by atoms with E-state index in [4.69, 9.17) is 9.47 Å². The number of aryl methyl sites for hydroxylation is 2. The van der Waals surface area contributed by atoms with E-state index in [9.17, 15) is 4.79 Å². The summed E-state index contributed by atoms with van der Waals surface area (Å²) in [4.78, 5) is 14.0. The molecule has 0 radical (unpaired) electrons. The smallest absolute Gasteiger partial charge is 0.345 e. The Morgan fingerprint density at radius 3 is 2.13 bits per heavy atom. The Bertz CT molecular complexity index is 855. The first-order valence-corrected chi connectivity index (χ1v) is 12.5. The lowest BCUT2D eigenvalue weighted by molar-refractivity contribution is -0.159. The maximum absolute atomic E-state index is 12.5. The number of benzene rings is 2. The van der Waals surface area contributed by atoms with Gasteiger partial charge in [-0.3, -0.25) is 0 Å². The Kier molecular flexibility index (Phi) is 7.18. The molecular formula is C26H35O3S+. The number of hydrogen-bond acceptors (Lipinski definition) is 3. The minimum absolute atomic E-state index is 0.0831. The second-order valence-electron chi connectivity index (χ2n) is 9.04. The van der Waals surface area contributed by atoms with Gasteiger partial charge >= 0.3 is 5.97 Å². The third-order valence-corrected chi connectivity index (χ3v) is 8.24. The van der Waals surface area contributed by atoms with Crippen LogP contribution in [0.2, 0.25) is 0 Å². The Morgan fingerprint density at radius 2 is 1.60 bits per heavy atom. The molecule has 0 atom stereocenters. The molecule has 0 saturated carbocycles. The molecule has 1 aliphatic rings. The normalized spacial score (nSPS) is 14.9. The van der Waals surface area contributed by atoms with E-state index in [1.165, 1.54) is 34.8 Å². The number of carbonyl (C=O) groups excluding carboxylic acids is 1. The highest BCUT2D eigenvalue weighted by Crippen LogP contribution is 2.31. The third kappa shape index (κ3) is 5.40. The summed E-state index contributed by atoms with van der Waals surface area (Å²) < 4.78 is 11.7. The summed E-state index contributed by atoms with van der Waals surface area (Å²) in [5, 5.41) is 0. The molecular weight excluding hydrogens is 392 g/mol. The van der Waals surface area contributed by atoms with Gasteiger partial charge in [-0.1, -0.05) is 38.1 Å². The van der Waals surface area contributed by atoms with Gasteiger partial charge in [0.1, 0.15) is 22.9 Å². The van der Waals surface area contributed by atoms with Crippen LogP contribution in [0.1, 0.15) is 68.7 Å². The van der Waals surface area contributed by atoms with E-state index >= 15 is 0 Å². The van der Waals surface area contributed by atoms with Gasteiger partial charge in [-0.15, -0.1) is 0 Å². The molecule has 0 N–H and O–H groups in total. The molecule has 1 saturated heterocycles. The summed E-state index contributed by atoms with van der Waals surface area (Å²) in [6.45, 7) is 12.2. The molecule has 4 heteroatoms. The van der Waals surface area contributed by atoms with Crippen LogP contribution in [0.5, 0.6) is 5.75 Å². The van der Waals surface area contributed by atoms with Crippen molar-refractivity contribution in [3.8, 4) is 5.75 Å². The summed E-state index contributed by atoms with van der Waals surface area (Å²) in [7, 11) is 0.381. The van der Waals surface area contributed by atoms with E-state index in [-0.39, 0.29) is 12.6 Å². The number of esters is 1. The van der Waals surface area contributed by atoms with Crippen LogP contribution in [0.15, 0.2) is 41.3 Å². The van der Waals surface area contributed by atoms with E-state index in [2.05, 4.69) is 52.0 Å². The summed E-state index contributed by atoms with van der Waals surface area (Å²) in [6.07, 6.45) is 2.67. The van der Waals surface area contributed by atoms with Crippen molar-refractivity contribution in [1.29, 1.82) is 0 Å². The van der Waals surface area contributed by atoms with E-state index < -0.39 is 5.60 Å². The fraction of sp³-hybridized carbons (Fsp3) is 0.500. The van der Waals surface area contributed by atoms with Crippen LogP contribution >= 0.6 is 0 Å². The van der Waals surface area contributed by atoms with Gasteiger partial charge in [-0.2, -0.15) is 0 Å². The zero-order valence-corrected chi connectivity index (χ0v) is 20.0. The Labute approximate surface area is 184 Å². The first kappa shape index (κ1) is 22.7. The minimum Gasteiger partial charge on any atom is -0.481 e. The van der Waals surface area contributed by atoms with Crippen LogP contribution in [0.3, 0.4) is 0 Å². The Hall–Kier alpha value is -1.94. The van der Waals surface area contributed by atoms with Crippen molar-refractivity contribution in [3.63, 3.8) is 0 Å². The lowest BCUT2D eigenvalue weighted by Crippen LogP contribution is -2.28.